The number of hydrogen-bond acceptors (Lipinski definition) is 0. The molecule has 0 radical (unpaired) electrons. The van der Waals surface area contributed by atoms with Gasteiger partial charge in [-0.15, -0.1) is 0 Å². The Hall–Kier alpha value is -9.62. The fraction of sp³-hybridized carbons (Fsp3) is 0.140. The van der Waals surface area contributed by atoms with Crippen LogP contribution >= 0.6 is 0 Å². The molecule has 0 saturated heterocycles. The summed E-state index contributed by atoms with van der Waals surface area (Å²) < 4.78 is 0. The van der Waals surface area contributed by atoms with Gasteiger partial charge in [0.25, 0.3) is 0 Å². The van der Waals surface area contributed by atoms with Gasteiger partial charge in [-0.3, -0.25) is 0 Å². The molecule has 0 fully saturated rings. The number of benzene rings is 15. The van der Waals surface area contributed by atoms with Crippen molar-refractivity contribution < 1.29 is 0 Å². The Kier molecular flexibility index (Phi) is 33.1. The molecule has 0 N–H and O–H groups in total. The summed E-state index contributed by atoms with van der Waals surface area (Å²) in [7, 11) is 0. The highest BCUT2D eigenvalue weighted by molar-refractivity contribution is 6.25. The number of fused-ring (bicyclic) bond motifs is 12. The summed E-state index contributed by atoms with van der Waals surface area (Å²) in [5.41, 5.74) is 2.55. The van der Waals surface area contributed by atoms with Crippen LogP contribution in [0.15, 0.2) is 340 Å². The first-order valence-corrected chi connectivity index (χ1v) is 31.3. The zero-order chi connectivity index (χ0) is 62.0. The zero-order valence-electron chi connectivity index (χ0n) is 53.3. The van der Waals surface area contributed by atoms with E-state index < -0.39 is 0 Å². The van der Waals surface area contributed by atoms with E-state index in [9.17, 15) is 0 Å². The summed E-state index contributed by atoms with van der Waals surface area (Å²) in [6.07, 6.45) is 0. The molecule has 86 heavy (non-hydrogen) atoms. The van der Waals surface area contributed by atoms with E-state index in [4.69, 9.17) is 0 Å². The summed E-state index contributed by atoms with van der Waals surface area (Å²) in [6, 6.07) is 118. The first kappa shape index (κ1) is 68.9. The average molecular weight is 1130 g/mol. The van der Waals surface area contributed by atoms with Crippen LogP contribution in [0, 0.1) is 0 Å². The Balaban J connectivity index is 0.000000217. The van der Waals surface area contributed by atoms with Crippen molar-refractivity contribution in [1.82, 2.24) is 0 Å². The molecular weight excluding hydrogens is 1030 g/mol. The molecule has 0 saturated carbocycles. The predicted molar refractivity (Wildman–Crippen MR) is 392 cm³/mol. The van der Waals surface area contributed by atoms with Gasteiger partial charge in [0.15, 0.2) is 0 Å². The Labute approximate surface area is 517 Å². The molecule has 0 aliphatic rings. The second kappa shape index (κ2) is 41.4. The van der Waals surface area contributed by atoms with Crippen molar-refractivity contribution in [2.75, 3.05) is 0 Å². The highest BCUT2D eigenvalue weighted by Crippen LogP contribution is 2.34. The molecular formula is C86H92. The van der Waals surface area contributed by atoms with Crippen molar-refractivity contribution in [2.45, 2.75) is 83.1 Å². The van der Waals surface area contributed by atoms with Gasteiger partial charge in [-0.1, -0.05) is 411 Å². The fourth-order valence-electron chi connectivity index (χ4n) is 9.48. The molecule has 0 amide bonds. The smallest absolute Gasteiger partial charge is 0.00990 e. The van der Waals surface area contributed by atoms with Crippen LogP contribution in [0.3, 0.4) is 0 Å². The minimum absolute atomic E-state index is 1.28. The van der Waals surface area contributed by atoms with E-state index in [0.29, 0.717) is 0 Å². The van der Waals surface area contributed by atoms with Crippen molar-refractivity contribution in [3.8, 4) is 11.1 Å². The van der Waals surface area contributed by atoms with Crippen molar-refractivity contribution in [1.29, 1.82) is 0 Å². The quantitative estimate of drug-likeness (QED) is 0.114. The normalized spacial score (nSPS) is 9.40. The summed E-state index contributed by atoms with van der Waals surface area (Å²) in [6.45, 7) is 24.0. The van der Waals surface area contributed by atoms with E-state index >= 15 is 0 Å². The minimum Gasteiger partial charge on any atom is -0.0683 e. The van der Waals surface area contributed by atoms with Gasteiger partial charge < -0.3 is 0 Å². The summed E-state index contributed by atoms with van der Waals surface area (Å²) in [5.74, 6) is 0. The van der Waals surface area contributed by atoms with Gasteiger partial charge >= 0.3 is 0 Å². The van der Waals surface area contributed by atoms with Crippen molar-refractivity contribution in [3.05, 3.63) is 340 Å². The van der Waals surface area contributed by atoms with E-state index in [1.54, 1.807) is 0 Å². The molecule has 0 aliphatic heterocycles. The zero-order valence-corrected chi connectivity index (χ0v) is 53.3. The third-order valence-corrected chi connectivity index (χ3v) is 13.1. The van der Waals surface area contributed by atoms with Crippen LogP contribution < -0.4 is 0 Å². The molecule has 0 atom stereocenters. The fourth-order valence-corrected chi connectivity index (χ4v) is 9.48. The van der Waals surface area contributed by atoms with Crippen LogP contribution in [0.1, 0.15) is 83.1 Å². The van der Waals surface area contributed by atoms with Gasteiger partial charge in [-0.05, 0) is 109 Å². The predicted octanol–water partition coefficient (Wildman–Crippen LogP) is 27.2. The highest BCUT2D eigenvalue weighted by Gasteiger charge is 2.06. The Bertz CT molecular complexity index is 3650. The van der Waals surface area contributed by atoms with E-state index in [1.807, 2.05) is 132 Å². The molecule has 15 aromatic carbocycles. The first-order valence-electron chi connectivity index (χ1n) is 31.3. The topological polar surface area (TPSA) is 0 Å². The molecule has 0 spiro atoms. The third-order valence-electron chi connectivity index (χ3n) is 13.1. The molecule has 0 aromatic heterocycles. The van der Waals surface area contributed by atoms with E-state index in [1.165, 1.54) is 97.3 Å². The summed E-state index contributed by atoms with van der Waals surface area (Å²) in [4.78, 5) is 0. The molecule has 0 heteroatoms. The minimum atomic E-state index is 1.28. The molecule has 0 aliphatic carbocycles. The standard InChI is InChI=1S/C18H12.2C14H10.C12H10.C10H8.C6H6.6C2H6/c1-2-8-14-13(7-1)15-9-3-4-11-17(15)18-12-6-5-10-16(14)18;1-3-7-13-11(5-1)9-10-12-6-2-4-8-14(12)13;1-2-6-12-10-14-8-4-3-7-13(14)9-11(12)5-1;1-3-7-11(8-4-1)12-9-5-2-6-10-12;1-2-6-10-8-4-3-7-9(10)5-1;1-2-4-6-5-3-1;6*1-2/h1-12H;2*1-10H;1-10H;1-8H;1-6H;6*1-2H3. The highest BCUT2D eigenvalue weighted by atomic mass is 14.1. The number of hydrogen-bond donors (Lipinski definition) is 0. The average Bonchev–Trinajstić information content (AvgIpc) is 1.18. The van der Waals surface area contributed by atoms with Crippen molar-refractivity contribution >= 4 is 86.2 Å². The molecule has 0 unspecified atom stereocenters. The van der Waals surface area contributed by atoms with Gasteiger partial charge in [0.1, 0.15) is 0 Å². The molecule has 15 rings (SSSR count). The SMILES string of the molecule is CC.CC.CC.CC.CC.CC.c1ccc(-c2ccccc2)cc1.c1ccc2c(c1)c1ccccc1c1ccccc21.c1ccc2c(c1)ccc1ccccc12.c1ccc2cc3ccccc3cc2c1.c1ccc2ccccc2c1.c1ccccc1. The lowest BCUT2D eigenvalue weighted by atomic mass is 9.95. The molecule has 0 nitrogen and oxygen atoms in total. The van der Waals surface area contributed by atoms with Crippen LogP contribution in [-0.2, 0) is 0 Å². The maximum atomic E-state index is 2.24. The molecule has 0 heterocycles. The lowest BCUT2D eigenvalue weighted by Crippen LogP contribution is -1.81. The van der Waals surface area contributed by atoms with Gasteiger partial charge in [0, 0.05) is 0 Å². The lowest BCUT2D eigenvalue weighted by molar-refractivity contribution is 1.50. The third kappa shape index (κ3) is 20.3. The Morgan fingerprint density at radius 2 is 0.267 bits per heavy atom. The van der Waals surface area contributed by atoms with Crippen LogP contribution in [-0.4, -0.2) is 0 Å². The maximum absolute atomic E-state index is 2.24. The largest absolute Gasteiger partial charge is 0.0683 e. The van der Waals surface area contributed by atoms with Gasteiger partial charge in [-0.2, -0.15) is 0 Å². The van der Waals surface area contributed by atoms with Crippen LogP contribution in [0.25, 0.3) is 97.3 Å². The van der Waals surface area contributed by atoms with E-state index in [2.05, 4.69) is 291 Å². The Morgan fingerprint density at radius 3 is 0.488 bits per heavy atom. The number of rotatable bonds is 1. The lowest BCUT2D eigenvalue weighted by Gasteiger charge is -2.09. The van der Waals surface area contributed by atoms with Crippen LogP contribution in [0.2, 0.25) is 0 Å². The molecule has 15 aromatic rings. The summed E-state index contributed by atoms with van der Waals surface area (Å²) in [5, 5.41) is 21.2. The first-order chi connectivity index (χ1) is 42.8. The van der Waals surface area contributed by atoms with Crippen LogP contribution in [0.4, 0.5) is 0 Å². The Morgan fingerprint density at radius 1 is 0.116 bits per heavy atom. The van der Waals surface area contributed by atoms with Crippen molar-refractivity contribution in [2.24, 2.45) is 0 Å². The van der Waals surface area contributed by atoms with Gasteiger partial charge in [0.05, 0.1) is 0 Å². The second-order valence-corrected chi connectivity index (χ2v) is 17.9. The van der Waals surface area contributed by atoms with E-state index in [0.717, 1.165) is 0 Å². The van der Waals surface area contributed by atoms with Gasteiger partial charge in [-0.25, -0.2) is 0 Å². The van der Waals surface area contributed by atoms with Crippen LogP contribution in [0.5, 0.6) is 0 Å². The van der Waals surface area contributed by atoms with Gasteiger partial charge in [0.2, 0.25) is 0 Å². The van der Waals surface area contributed by atoms with Crippen molar-refractivity contribution in [3.63, 3.8) is 0 Å². The summed E-state index contributed by atoms with van der Waals surface area (Å²) >= 11 is 0. The van der Waals surface area contributed by atoms with E-state index in [-0.39, 0.29) is 0 Å². The molecule has 436 valence electrons. The maximum Gasteiger partial charge on any atom is -0.00990 e. The monoisotopic (exact) mass is 1120 g/mol. The second-order valence-electron chi connectivity index (χ2n) is 17.9. The molecule has 0 bridgehead atoms.